The van der Waals surface area contributed by atoms with Crippen molar-refractivity contribution < 1.29 is 18.3 Å². The van der Waals surface area contributed by atoms with Crippen molar-refractivity contribution in [3.8, 4) is 22.8 Å². The van der Waals surface area contributed by atoms with E-state index in [1.807, 2.05) is 19.1 Å². The van der Waals surface area contributed by atoms with Gasteiger partial charge in [-0.25, -0.2) is 4.39 Å². The third kappa shape index (κ3) is 3.72. The Labute approximate surface area is 167 Å². The van der Waals surface area contributed by atoms with Crippen LogP contribution in [0.15, 0.2) is 75.9 Å². The van der Waals surface area contributed by atoms with Gasteiger partial charge < -0.3 is 13.9 Å². The number of methoxy groups -OCH3 is 1. The van der Waals surface area contributed by atoms with Gasteiger partial charge in [-0.2, -0.15) is 0 Å². The molecule has 0 spiro atoms. The predicted molar refractivity (Wildman–Crippen MR) is 110 cm³/mol. The zero-order valence-corrected chi connectivity index (χ0v) is 16.1. The maximum absolute atomic E-state index is 14.0. The average Bonchev–Trinajstić information content (AvgIpc) is 2.74. The number of halogens is 1. The number of benzene rings is 3. The van der Waals surface area contributed by atoms with Crippen LogP contribution in [0.2, 0.25) is 0 Å². The van der Waals surface area contributed by atoms with Crippen LogP contribution < -0.4 is 14.9 Å². The molecular weight excluding hydrogens is 371 g/mol. The molecule has 0 aliphatic heterocycles. The first kappa shape index (κ1) is 18.7. The second kappa shape index (κ2) is 7.80. The molecule has 4 aromatic rings. The summed E-state index contributed by atoms with van der Waals surface area (Å²) in [5.41, 5.74) is 2.17. The normalized spacial score (nSPS) is 10.9. The first-order chi connectivity index (χ1) is 14.1. The molecule has 4 nitrogen and oxygen atoms in total. The Kier molecular flexibility index (Phi) is 5.04. The summed E-state index contributed by atoms with van der Waals surface area (Å²) in [6.45, 7) is 1.84. The molecule has 0 saturated heterocycles. The van der Waals surface area contributed by atoms with Gasteiger partial charge in [-0.3, -0.25) is 4.79 Å². The molecule has 0 unspecified atom stereocenters. The fourth-order valence-electron chi connectivity index (χ4n) is 3.11. The van der Waals surface area contributed by atoms with Gasteiger partial charge in [-0.15, -0.1) is 0 Å². The fourth-order valence-corrected chi connectivity index (χ4v) is 3.11. The van der Waals surface area contributed by atoms with E-state index in [1.165, 1.54) is 6.07 Å². The van der Waals surface area contributed by atoms with Crippen molar-refractivity contribution in [2.75, 3.05) is 7.11 Å². The third-order valence-electron chi connectivity index (χ3n) is 4.69. The van der Waals surface area contributed by atoms with E-state index in [0.717, 1.165) is 5.56 Å². The monoisotopic (exact) mass is 390 g/mol. The molecule has 0 atom stereocenters. The highest BCUT2D eigenvalue weighted by atomic mass is 19.1. The minimum Gasteiger partial charge on any atom is -0.497 e. The first-order valence-corrected chi connectivity index (χ1v) is 9.15. The maximum Gasteiger partial charge on any atom is 0.235 e. The van der Waals surface area contributed by atoms with Gasteiger partial charge in [0, 0.05) is 11.1 Å². The summed E-state index contributed by atoms with van der Waals surface area (Å²) in [5.74, 6) is 0.641. The van der Waals surface area contributed by atoms with E-state index in [-0.39, 0.29) is 23.6 Å². The molecule has 1 aromatic heterocycles. The van der Waals surface area contributed by atoms with Crippen LogP contribution in [0.5, 0.6) is 11.5 Å². The number of ether oxygens (including phenoxy) is 2. The summed E-state index contributed by atoms with van der Waals surface area (Å²) in [6.07, 6.45) is 0. The van der Waals surface area contributed by atoms with Gasteiger partial charge in [0.25, 0.3) is 0 Å². The molecule has 0 aliphatic carbocycles. The lowest BCUT2D eigenvalue weighted by Crippen LogP contribution is -2.11. The minimum absolute atomic E-state index is 0.0507. The smallest absolute Gasteiger partial charge is 0.235 e. The lowest BCUT2D eigenvalue weighted by Gasteiger charge is -2.13. The Morgan fingerprint density at radius 3 is 2.48 bits per heavy atom. The number of aryl methyl sites for hydroxylation is 1. The molecule has 29 heavy (non-hydrogen) atoms. The highest BCUT2D eigenvalue weighted by Crippen LogP contribution is 2.32. The summed E-state index contributed by atoms with van der Waals surface area (Å²) >= 11 is 0. The molecule has 0 fully saturated rings. The Morgan fingerprint density at radius 1 is 1.00 bits per heavy atom. The van der Waals surface area contributed by atoms with E-state index in [4.69, 9.17) is 13.9 Å². The summed E-state index contributed by atoms with van der Waals surface area (Å²) < 4.78 is 31.1. The van der Waals surface area contributed by atoms with Crippen LogP contribution >= 0.6 is 0 Å². The highest BCUT2D eigenvalue weighted by Gasteiger charge is 2.18. The zero-order chi connectivity index (χ0) is 20.4. The van der Waals surface area contributed by atoms with Crippen LogP contribution in [0.25, 0.3) is 22.3 Å². The van der Waals surface area contributed by atoms with Crippen molar-refractivity contribution >= 4 is 11.0 Å². The standard InChI is InChI=1S/C24H19FO4/c1-15-7-12-19-21(13-15)29-23(16-8-10-18(27-2)11-9-16)24(22(19)26)28-14-17-5-3-4-6-20(17)25/h3-13H,14H2,1-2H3. The van der Waals surface area contributed by atoms with E-state index in [0.29, 0.717) is 33.6 Å². The lowest BCUT2D eigenvalue weighted by atomic mass is 10.1. The fraction of sp³-hybridized carbons (Fsp3) is 0.125. The quantitative estimate of drug-likeness (QED) is 0.452. The SMILES string of the molecule is COc1ccc(-c2oc3cc(C)ccc3c(=O)c2OCc2ccccc2F)cc1. The number of hydrogen-bond donors (Lipinski definition) is 0. The maximum atomic E-state index is 14.0. The minimum atomic E-state index is -0.390. The molecule has 0 saturated carbocycles. The van der Waals surface area contributed by atoms with E-state index in [9.17, 15) is 9.18 Å². The molecule has 0 radical (unpaired) electrons. The van der Waals surface area contributed by atoms with Gasteiger partial charge in [0.1, 0.15) is 23.8 Å². The molecular formula is C24H19FO4. The van der Waals surface area contributed by atoms with Crippen LogP contribution in [0, 0.1) is 12.7 Å². The molecule has 146 valence electrons. The van der Waals surface area contributed by atoms with Gasteiger partial charge >= 0.3 is 0 Å². The molecule has 0 amide bonds. The van der Waals surface area contributed by atoms with Crippen LogP contribution in [0.4, 0.5) is 4.39 Å². The van der Waals surface area contributed by atoms with Crippen molar-refractivity contribution in [3.63, 3.8) is 0 Å². The van der Waals surface area contributed by atoms with Crippen molar-refractivity contribution in [2.45, 2.75) is 13.5 Å². The van der Waals surface area contributed by atoms with Crippen LogP contribution in [0.3, 0.4) is 0 Å². The average molecular weight is 390 g/mol. The highest BCUT2D eigenvalue weighted by molar-refractivity contribution is 5.82. The lowest BCUT2D eigenvalue weighted by molar-refractivity contribution is 0.292. The Balaban J connectivity index is 1.85. The Hall–Kier alpha value is -3.60. The van der Waals surface area contributed by atoms with Crippen molar-refractivity contribution in [1.29, 1.82) is 0 Å². The topological polar surface area (TPSA) is 48.7 Å². The largest absolute Gasteiger partial charge is 0.497 e. The van der Waals surface area contributed by atoms with E-state index in [2.05, 4.69) is 0 Å². The second-order valence-corrected chi connectivity index (χ2v) is 6.70. The van der Waals surface area contributed by atoms with Gasteiger partial charge in [0.2, 0.25) is 11.2 Å². The molecule has 0 bridgehead atoms. The summed E-state index contributed by atoms with van der Waals surface area (Å²) in [6, 6.07) is 18.8. The summed E-state index contributed by atoms with van der Waals surface area (Å²) in [4.78, 5) is 13.2. The van der Waals surface area contributed by atoms with Crippen molar-refractivity contribution in [1.82, 2.24) is 0 Å². The first-order valence-electron chi connectivity index (χ1n) is 9.15. The van der Waals surface area contributed by atoms with Crippen molar-refractivity contribution in [2.24, 2.45) is 0 Å². The van der Waals surface area contributed by atoms with Gasteiger partial charge in [-0.05, 0) is 55.0 Å². The zero-order valence-electron chi connectivity index (χ0n) is 16.1. The van der Waals surface area contributed by atoms with Gasteiger partial charge in [0.15, 0.2) is 5.76 Å². The molecule has 1 heterocycles. The molecule has 0 aliphatic rings. The van der Waals surface area contributed by atoms with Crippen LogP contribution in [-0.2, 0) is 6.61 Å². The Morgan fingerprint density at radius 2 is 1.76 bits per heavy atom. The van der Waals surface area contributed by atoms with Gasteiger partial charge in [-0.1, -0.05) is 24.3 Å². The van der Waals surface area contributed by atoms with Crippen LogP contribution in [0.1, 0.15) is 11.1 Å². The van der Waals surface area contributed by atoms with E-state index < -0.39 is 0 Å². The number of hydrogen-bond acceptors (Lipinski definition) is 4. The van der Waals surface area contributed by atoms with E-state index >= 15 is 0 Å². The molecule has 0 N–H and O–H groups in total. The predicted octanol–water partition coefficient (Wildman–Crippen LogP) is 5.50. The number of fused-ring (bicyclic) bond motifs is 1. The summed E-state index contributed by atoms with van der Waals surface area (Å²) in [7, 11) is 1.58. The molecule has 4 rings (SSSR count). The second-order valence-electron chi connectivity index (χ2n) is 6.70. The Bertz CT molecular complexity index is 1230. The molecule has 3 aromatic carbocycles. The molecule has 5 heteroatoms. The van der Waals surface area contributed by atoms with E-state index in [1.54, 1.807) is 55.6 Å². The third-order valence-corrected chi connectivity index (χ3v) is 4.69. The van der Waals surface area contributed by atoms with Crippen molar-refractivity contribution in [3.05, 3.63) is 93.9 Å². The number of rotatable bonds is 5. The van der Waals surface area contributed by atoms with Crippen LogP contribution in [-0.4, -0.2) is 7.11 Å². The summed E-state index contributed by atoms with van der Waals surface area (Å²) in [5, 5.41) is 0.413. The van der Waals surface area contributed by atoms with Gasteiger partial charge in [0.05, 0.1) is 12.5 Å².